The summed E-state index contributed by atoms with van der Waals surface area (Å²) < 4.78 is 15.1. The van der Waals surface area contributed by atoms with Crippen molar-refractivity contribution in [1.29, 1.82) is 0 Å². The van der Waals surface area contributed by atoms with Gasteiger partial charge in [-0.15, -0.1) is 11.8 Å². The van der Waals surface area contributed by atoms with Gasteiger partial charge in [-0.3, -0.25) is 14.4 Å². The highest BCUT2D eigenvalue weighted by molar-refractivity contribution is 7.99. The third-order valence-corrected chi connectivity index (χ3v) is 7.36. The predicted octanol–water partition coefficient (Wildman–Crippen LogP) is 3.52. The van der Waals surface area contributed by atoms with Crippen LogP contribution in [-0.2, 0) is 23.9 Å². The number of nitrogens with one attached hydrogen (secondary N) is 1. The van der Waals surface area contributed by atoms with E-state index in [0.29, 0.717) is 19.4 Å². The SMILES string of the molecule is CCCCCCCCOc1ccc([C@H](SC[C@H](N)C(=O)NCC(=O)OC)[C@H](O)CCCC(=O)OC)cc1. The molecule has 0 saturated carbocycles. The Kier molecular flexibility index (Phi) is 17.5. The Morgan fingerprint density at radius 1 is 0.973 bits per heavy atom. The first-order valence-corrected chi connectivity index (χ1v) is 14.1. The molecule has 0 aliphatic heterocycles. The zero-order valence-electron chi connectivity index (χ0n) is 22.4. The summed E-state index contributed by atoms with van der Waals surface area (Å²) in [7, 11) is 2.57. The molecule has 0 radical (unpaired) electrons. The van der Waals surface area contributed by atoms with Gasteiger partial charge in [0.05, 0.1) is 38.2 Å². The van der Waals surface area contributed by atoms with Crippen LogP contribution in [-0.4, -0.2) is 68.2 Å². The summed E-state index contributed by atoms with van der Waals surface area (Å²) in [6.07, 6.45) is 7.47. The predicted molar refractivity (Wildman–Crippen MR) is 145 cm³/mol. The number of carbonyl (C=O) groups is 3. The van der Waals surface area contributed by atoms with Crippen molar-refractivity contribution in [3.05, 3.63) is 29.8 Å². The summed E-state index contributed by atoms with van der Waals surface area (Å²) in [4.78, 5) is 34.9. The maximum absolute atomic E-state index is 12.2. The number of ether oxygens (including phenoxy) is 3. The molecule has 37 heavy (non-hydrogen) atoms. The van der Waals surface area contributed by atoms with Gasteiger partial charge in [-0.2, -0.15) is 0 Å². The minimum atomic E-state index is -0.876. The molecule has 210 valence electrons. The largest absolute Gasteiger partial charge is 0.494 e. The number of hydrogen-bond donors (Lipinski definition) is 3. The van der Waals surface area contributed by atoms with E-state index in [-0.39, 0.29) is 29.9 Å². The van der Waals surface area contributed by atoms with Crippen LogP contribution < -0.4 is 15.8 Å². The highest BCUT2D eigenvalue weighted by Gasteiger charge is 2.25. The Morgan fingerprint density at radius 2 is 1.62 bits per heavy atom. The van der Waals surface area contributed by atoms with Crippen molar-refractivity contribution in [3.8, 4) is 5.75 Å². The van der Waals surface area contributed by atoms with Crippen LogP contribution in [0.3, 0.4) is 0 Å². The molecule has 1 rings (SSSR count). The number of carbonyl (C=O) groups excluding carboxylic acids is 3. The van der Waals surface area contributed by atoms with Crippen LogP contribution in [0.4, 0.5) is 0 Å². The molecule has 0 aliphatic rings. The molecule has 1 amide bonds. The summed E-state index contributed by atoms with van der Waals surface area (Å²) in [6.45, 7) is 2.61. The van der Waals surface area contributed by atoms with E-state index >= 15 is 0 Å². The minimum Gasteiger partial charge on any atom is -0.494 e. The van der Waals surface area contributed by atoms with Gasteiger partial charge in [-0.25, -0.2) is 0 Å². The maximum atomic E-state index is 12.2. The van der Waals surface area contributed by atoms with Gasteiger partial charge in [-0.1, -0.05) is 51.2 Å². The van der Waals surface area contributed by atoms with E-state index in [1.165, 1.54) is 51.7 Å². The number of nitrogens with two attached hydrogens (primary N) is 1. The number of thioether (sulfide) groups is 1. The van der Waals surface area contributed by atoms with E-state index in [1.807, 2.05) is 24.3 Å². The molecule has 0 unspecified atom stereocenters. The molecule has 10 heteroatoms. The Balaban J connectivity index is 2.71. The molecule has 9 nitrogen and oxygen atoms in total. The summed E-state index contributed by atoms with van der Waals surface area (Å²) in [5.41, 5.74) is 6.88. The van der Waals surface area contributed by atoms with Crippen LogP contribution >= 0.6 is 11.8 Å². The van der Waals surface area contributed by atoms with Crippen molar-refractivity contribution in [2.75, 3.05) is 33.1 Å². The van der Waals surface area contributed by atoms with Gasteiger partial charge in [0.2, 0.25) is 5.91 Å². The molecule has 0 fully saturated rings. The molecule has 1 aromatic rings. The van der Waals surface area contributed by atoms with Crippen molar-refractivity contribution in [1.82, 2.24) is 5.32 Å². The second-order valence-electron chi connectivity index (χ2n) is 8.88. The van der Waals surface area contributed by atoms with Crippen molar-refractivity contribution in [2.24, 2.45) is 5.73 Å². The zero-order chi connectivity index (χ0) is 27.5. The van der Waals surface area contributed by atoms with Gasteiger partial charge >= 0.3 is 11.9 Å². The first-order chi connectivity index (χ1) is 17.8. The Hall–Kier alpha value is -2.30. The standard InChI is InChI=1S/C27H44N2O7S/c1-4-5-6-7-8-9-17-36-21-15-13-20(14-16-21)26(23(30)11-10-12-24(31)34-2)37-19-22(28)27(33)29-18-25(32)35-3/h13-16,22-23,26,30H,4-12,17-19,28H2,1-3H3,(H,29,33)/t22-,23+,26-/m0/s1. The second-order valence-corrected chi connectivity index (χ2v) is 10.0. The molecular weight excluding hydrogens is 496 g/mol. The fourth-order valence-corrected chi connectivity index (χ4v) is 4.88. The first kappa shape index (κ1) is 32.7. The Bertz CT molecular complexity index is 791. The molecule has 4 N–H and O–H groups in total. The van der Waals surface area contributed by atoms with Gasteiger partial charge in [-0.05, 0) is 37.0 Å². The topological polar surface area (TPSA) is 137 Å². The molecule has 0 aliphatic carbocycles. The fourth-order valence-electron chi connectivity index (χ4n) is 3.61. The lowest BCUT2D eigenvalue weighted by Gasteiger charge is -2.24. The number of benzene rings is 1. The molecule has 0 saturated heterocycles. The van der Waals surface area contributed by atoms with Crippen LogP contribution in [0.5, 0.6) is 5.75 Å². The quantitative estimate of drug-likeness (QED) is 0.168. The highest BCUT2D eigenvalue weighted by atomic mass is 32.2. The average molecular weight is 541 g/mol. The van der Waals surface area contributed by atoms with E-state index in [0.717, 1.165) is 24.2 Å². The van der Waals surface area contributed by atoms with E-state index in [1.54, 1.807) is 0 Å². The van der Waals surface area contributed by atoms with Crippen LogP contribution in [0.1, 0.15) is 75.5 Å². The van der Waals surface area contributed by atoms with Crippen molar-refractivity contribution in [3.63, 3.8) is 0 Å². The molecule has 0 heterocycles. The normalized spacial score (nSPS) is 13.3. The number of amides is 1. The molecule has 0 aromatic heterocycles. The van der Waals surface area contributed by atoms with Crippen LogP contribution in [0.2, 0.25) is 0 Å². The fraction of sp³-hybridized carbons (Fsp3) is 0.667. The third kappa shape index (κ3) is 14.3. The lowest BCUT2D eigenvalue weighted by atomic mass is 10.0. The Labute approximate surface area is 225 Å². The van der Waals surface area contributed by atoms with Crippen LogP contribution in [0, 0.1) is 0 Å². The second kappa shape index (κ2) is 19.8. The number of hydrogen-bond acceptors (Lipinski definition) is 9. The van der Waals surface area contributed by atoms with Crippen molar-refractivity contribution < 1.29 is 33.7 Å². The summed E-state index contributed by atoms with van der Waals surface area (Å²) in [5, 5.41) is 13.0. The molecule has 0 spiro atoms. The first-order valence-electron chi connectivity index (χ1n) is 13.0. The molecular formula is C27H44N2O7S. The molecule has 3 atom stereocenters. The third-order valence-electron chi connectivity index (χ3n) is 5.86. The Morgan fingerprint density at radius 3 is 2.27 bits per heavy atom. The van der Waals surface area contributed by atoms with Crippen molar-refractivity contribution >= 4 is 29.6 Å². The number of aliphatic hydroxyl groups is 1. The van der Waals surface area contributed by atoms with E-state index in [2.05, 4.69) is 21.7 Å². The number of rotatable bonds is 20. The maximum Gasteiger partial charge on any atom is 0.325 e. The van der Waals surface area contributed by atoms with Gasteiger partial charge < -0.3 is 30.4 Å². The number of esters is 2. The van der Waals surface area contributed by atoms with Crippen LogP contribution in [0.15, 0.2) is 24.3 Å². The van der Waals surface area contributed by atoms with E-state index < -0.39 is 24.0 Å². The summed E-state index contributed by atoms with van der Waals surface area (Å²) in [5.74, 6) is -0.379. The van der Waals surface area contributed by atoms with Crippen LogP contribution in [0.25, 0.3) is 0 Å². The molecule has 1 aromatic carbocycles. The van der Waals surface area contributed by atoms with Gasteiger partial charge in [0.1, 0.15) is 12.3 Å². The lowest BCUT2D eigenvalue weighted by Crippen LogP contribution is -2.44. The van der Waals surface area contributed by atoms with Gasteiger partial charge in [0, 0.05) is 12.2 Å². The monoisotopic (exact) mass is 540 g/mol. The average Bonchev–Trinajstić information content (AvgIpc) is 2.91. The molecule has 0 bridgehead atoms. The highest BCUT2D eigenvalue weighted by Crippen LogP contribution is 2.35. The van der Waals surface area contributed by atoms with E-state index in [9.17, 15) is 19.5 Å². The van der Waals surface area contributed by atoms with Gasteiger partial charge in [0.15, 0.2) is 0 Å². The zero-order valence-corrected chi connectivity index (χ0v) is 23.2. The number of methoxy groups -OCH3 is 2. The summed E-state index contributed by atoms with van der Waals surface area (Å²) >= 11 is 1.35. The minimum absolute atomic E-state index is 0.214. The van der Waals surface area contributed by atoms with Crippen molar-refractivity contribution in [2.45, 2.75) is 82.1 Å². The summed E-state index contributed by atoms with van der Waals surface area (Å²) in [6, 6.07) is 6.69. The van der Waals surface area contributed by atoms with Gasteiger partial charge in [0.25, 0.3) is 0 Å². The number of unbranched alkanes of at least 4 members (excludes halogenated alkanes) is 5. The smallest absolute Gasteiger partial charge is 0.325 e. The van der Waals surface area contributed by atoms with E-state index in [4.69, 9.17) is 10.5 Å². The lowest BCUT2D eigenvalue weighted by molar-refractivity contribution is -0.141. The number of aliphatic hydroxyl groups excluding tert-OH is 1.